The van der Waals surface area contributed by atoms with Crippen LogP contribution in [0.4, 0.5) is 18.9 Å². The van der Waals surface area contributed by atoms with Crippen molar-refractivity contribution in [2.75, 3.05) is 5.73 Å². The average Bonchev–Trinajstić information content (AvgIpc) is 3.18. The van der Waals surface area contributed by atoms with Crippen LogP contribution in [-0.4, -0.2) is 19.3 Å². The molecule has 0 fully saturated rings. The molecule has 138 valence electrons. The molecule has 0 bridgehead atoms. The number of rotatable bonds is 3. The Balaban J connectivity index is 1.76. The summed E-state index contributed by atoms with van der Waals surface area (Å²) in [6.07, 6.45) is -0.809. The zero-order valence-electron chi connectivity index (χ0n) is 14.4. The first-order valence-corrected chi connectivity index (χ1v) is 8.22. The van der Waals surface area contributed by atoms with Crippen molar-refractivity contribution in [3.63, 3.8) is 0 Å². The Morgan fingerprint density at radius 1 is 1.07 bits per heavy atom. The third-order valence-electron chi connectivity index (χ3n) is 4.34. The molecule has 5 nitrogen and oxygen atoms in total. The van der Waals surface area contributed by atoms with E-state index in [1.54, 1.807) is 17.1 Å². The lowest BCUT2D eigenvalue weighted by atomic mass is 10.1. The standard InChI is InChI=1S/C19H16F3N5/c1-26-10-16(24-11-26)18-15-8-14(23)6-7-17(15)27(25-18)9-12-2-4-13(5-3-12)19(20,21)22/h2-8,10-11H,9,23H2,1H3. The number of halogens is 3. The van der Waals surface area contributed by atoms with E-state index in [0.717, 1.165) is 28.6 Å². The number of nitrogens with zero attached hydrogens (tertiary/aromatic N) is 4. The lowest BCUT2D eigenvalue weighted by Crippen LogP contribution is -2.06. The number of anilines is 1. The normalized spacial score (nSPS) is 12.0. The molecule has 2 aromatic carbocycles. The van der Waals surface area contributed by atoms with Crippen molar-refractivity contribution < 1.29 is 13.2 Å². The van der Waals surface area contributed by atoms with Gasteiger partial charge in [0, 0.05) is 24.3 Å². The molecule has 0 radical (unpaired) electrons. The molecule has 0 atom stereocenters. The third-order valence-corrected chi connectivity index (χ3v) is 4.34. The van der Waals surface area contributed by atoms with Crippen molar-refractivity contribution in [2.24, 2.45) is 7.05 Å². The fourth-order valence-electron chi connectivity index (χ4n) is 3.01. The summed E-state index contributed by atoms with van der Waals surface area (Å²) in [5, 5.41) is 5.49. The maximum atomic E-state index is 12.7. The predicted octanol–water partition coefficient (Wildman–Crippen LogP) is 4.09. The first kappa shape index (κ1) is 17.1. The second-order valence-corrected chi connectivity index (χ2v) is 6.40. The summed E-state index contributed by atoms with van der Waals surface area (Å²) in [5.41, 5.74) is 8.81. The SMILES string of the molecule is Cn1cnc(-c2nn(Cc3ccc(C(F)(F)F)cc3)c3ccc(N)cc23)c1. The van der Waals surface area contributed by atoms with Crippen molar-refractivity contribution >= 4 is 16.6 Å². The molecule has 8 heteroatoms. The van der Waals surface area contributed by atoms with Crippen LogP contribution in [0, 0.1) is 0 Å². The Morgan fingerprint density at radius 2 is 1.81 bits per heavy atom. The molecule has 0 aliphatic carbocycles. The summed E-state index contributed by atoms with van der Waals surface area (Å²) in [7, 11) is 1.87. The van der Waals surface area contributed by atoms with Crippen LogP contribution in [-0.2, 0) is 19.8 Å². The van der Waals surface area contributed by atoms with Crippen molar-refractivity contribution in [1.82, 2.24) is 19.3 Å². The highest BCUT2D eigenvalue weighted by Gasteiger charge is 2.30. The molecule has 2 N–H and O–H groups in total. The van der Waals surface area contributed by atoms with Crippen molar-refractivity contribution in [1.29, 1.82) is 0 Å². The van der Waals surface area contributed by atoms with Crippen LogP contribution in [0.25, 0.3) is 22.3 Å². The molecule has 0 saturated heterocycles. The van der Waals surface area contributed by atoms with Gasteiger partial charge < -0.3 is 10.3 Å². The van der Waals surface area contributed by atoms with Gasteiger partial charge in [-0.1, -0.05) is 12.1 Å². The zero-order chi connectivity index (χ0) is 19.2. The Hall–Kier alpha value is -3.29. The molecule has 0 saturated carbocycles. The molecule has 0 amide bonds. The van der Waals surface area contributed by atoms with Crippen LogP contribution < -0.4 is 5.73 Å². The van der Waals surface area contributed by atoms with E-state index in [2.05, 4.69) is 10.1 Å². The molecule has 4 aromatic rings. The van der Waals surface area contributed by atoms with Gasteiger partial charge in [-0.25, -0.2) is 4.98 Å². The van der Waals surface area contributed by atoms with E-state index in [1.165, 1.54) is 12.1 Å². The van der Waals surface area contributed by atoms with Gasteiger partial charge in [-0.15, -0.1) is 0 Å². The minimum atomic E-state index is -4.35. The molecule has 2 heterocycles. The molecule has 2 aromatic heterocycles. The minimum Gasteiger partial charge on any atom is -0.399 e. The third kappa shape index (κ3) is 3.25. The highest BCUT2D eigenvalue weighted by molar-refractivity contribution is 5.94. The number of nitrogens with two attached hydrogens (primary N) is 1. The number of nitrogen functional groups attached to an aromatic ring is 1. The van der Waals surface area contributed by atoms with Crippen LogP contribution in [0.5, 0.6) is 0 Å². The number of hydrogen-bond acceptors (Lipinski definition) is 3. The summed E-state index contributed by atoms with van der Waals surface area (Å²) in [6.45, 7) is 0.339. The molecule has 0 unspecified atom stereocenters. The van der Waals surface area contributed by atoms with Crippen LogP contribution in [0.3, 0.4) is 0 Å². The fourth-order valence-corrected chi connectivity index (χ4v) is 3.01. The Bertz CT molecular complexity index is 1110. The maximum Gasteiger partial charge on any atom is 0.416 e. The lowest BCUT2D eigenvalue weighted by Gasteiger charge is -2.08. The summed E-state index contributed by atoms with van der Waals surface area (Å²) >= 11 is 0. The second kappa shape index (κ2) is 6.15. The van der Waals surface area contributed by atoms with E-state index < -0.39 is 11.7 Å². The highest BCUT2D eigenvalue weighted by Crippen LogP contribution is 2.31. The van der Waals surface area contributed by atoms with Gasteiger partial charge in [0.2, 0.25) is 0 Å². The molecule has 0 aliphatic rings. The number of fused-ring (bicyclic) bond motifs is 1. The van der Waals surface area contributed by atoms with Gasteiger partial charge in [-0.3, -0.25) is 4.68 Å². The smallest absolute Gasteiger partial charge is 0.399 e. The van der Waals surface area contributed by atoms with Crippen LogP contribution in [0.1, 0.15) is 11.1 Å². The average molecular weight is 371 g/mol. The number of imidazole rings is 1. The quantitative estimate of drug-likeness (QED) is 0.552. The monoisotopic (exact) mass is 371 g/mol. The minimum absolute atomic E-state index is 0.339. The number of aromatic nitrogens is 4. The van der Waals surface area contributed by atoms with E-state index in [-0.39, 0.29) is 0 Å². The fraction of sp³-hybridized carbons (Fsp3) is 0.158. The van der Waals surface area contributed by atoms with Crippen molar-refractivity contribution in [2.45, 2.75) is 12.7 Å². The van der Waals surface area contributed by atoms with Crippen molar-refractivity contribution in [3.8, 4) is 11.4 Å². The lowest BCUT2D eigenvalue weighted by molar-refractivity contribution is -0.137. The first-order chi connectivity index (χ1) is 12.8. The van der Waals surface area contributed by atoms with Crippen LogP contribution >= 0.6 is 0 Å². The molecule has 0 aliphatic heterocycles. The van der Waals surface area contributed by atoms with Gasteiger partial charge in [0.05, 0.1) is 24.0 Å². The Morgan fingerprint density at radius 3 is 2.44 bits per heavy atom. The van der Waals surface area contributed by atoms with Crippen LogP contribution in [0.2, 0.25) is 0 Å². The Labute approximate surface area is 152 Å². The van der Waals surface area contributed by atoms with Crippen LogP contribution in [0.15, 0.2) is 55.0 Å². The predicted molar refractivity (Wildman–Crippen MR) is 96.9 cm³/mol. The summed E-state index contributed by atoms with van der Waals surface area (Å²) in [6, 6.07) is 10.6. The number of aryl methyl sites for hydroxylation is 1. The number of alkyl halides is 3. The molecular weight excluding hydrogens is 355 g/mol. The molecule has 4 rings (SSSR count). The first-order valence-electron chi connectivity index (χ1n) is 8.22. The number of hydrogen-bond donors (Lipinski definition) is 1. The van der Waals surface area contributed by atoms with E-state index in [9.17, 15) is 13.2 Å². The Kier molecular flexibility index (Phi) is 3.91. The molecular formula is C19H16F3N5. The van der Waals surface area contributed by atoms with Gasteiger partial charge in [-0.2, -0.15) is 18.3 Å². The van der Waals surface area contributed by atoms with Gasteiger partial charge in [0.15, 0.2) is 0 Å². The zero-order valence-corrected chi connectivity index (χ0v) is 14.4. The van der Waals surface area contributed by atoms with Gasteiger partial charge in [0.25, 0.3) is 0 Å². The van der Waals surface area contributed by atoms with E-state index >= 15 is 0 Å². The topological polar surface area (TPSA) is 61.7 Å². The maximum absolute atomic E-state index is 12.7. The summed E-state index contributed by atoms with van der Waals surface area (Å²) in [4.78, 5) is 4.35. The summed E-state index contributed by atoms with van der Waals surface area (Å²) in [5.74, 6) is 0. The van der Waals surface area contributed by atoms with E-state index in [1.807, 2.05) is 29.9 Å². The number of benzene rings is 2. The van der Waals surface area contributed by atoms with Gasteiger partial charge in [-0.05, 0) is 35.9 Å². The molecule has 0 spiro atoms. The van der Waals surface area contributed by atoms with Gasteiger partial charge >= 0.3 is 6.18 Å². The second-order valence-electron chi connectivity index (χ2n) is 6.40. The largest absolute Gasteiger partial charge is 0.416 e. The van der Waals surface area contributed by atoms with Crippen molar-refractivity contribution in [3.05, 3.63) is 66.1 Å². The highest BCUT2D eigenvalue weighted by atomic mass is 19.4. The van der Waals surface area contributed by atoms with E-state index in [0.29, 0.717) is 23.6 Å². The van der Waals surface area contributed by atoms with Gasteiger partial charge in [0.1, 0.15) is 11.4 Å². The molecule has 27 heavy (non-hydrogen) atoms. The summed E-state index contributed by atoms with van der Waals surface area (Å²) < 4.78 is 41.8. The van der Waals surface area contributed by atoms with E-state index in [4.69, 9.17) is 5.73 Å².